The minimum absolute atomic E-state index is 0.0524. The third kappa shape index (κ3) is 2.81. The Kier molecular flexibility index (Phi) is 4.07. The van der Waals surface area contributed by atoms with Crippen molar-refractivity contribution < 1.29 is 14.7 Å². The number of carboxylic acids is 1. The molecule has 2 heterocycles. The van der Waals surface area contributed by atoms with Crippen LogP contribution in [0.15, 0.2) is 30.5 Å². The van der Waals surface area contributed by atoms with Gasteiger partial charge in [-0.1, -0.05) is 17.7 Å². The fourth-order valence-electron chi connectivity index (χ4n) is 2.97. The summed E-state index contributed by atoms with van der Waals surface area (Å²) in [5.74, 6) is -1.33. The van der Waals surface area contributed by atoms with Crippen LogP contribution in [0.25, 0.3) is 10.9 Å². The van der Waals surface area contributed by atoms with E-state index < -0.39 is 11.9 Å². The summed E-state index contributed by atoms with van der Waals surface area (Å²) in [5, 5.41) is 10.7. The monoisotopic (exact) mass is 320 g/mol. The molecule has 0 spiro atoms. The fourth-order valence-corrected chi connectivity index (χ4v) is 3.21. The summed E-state index contributed by atoms with van der Waals surface area (Å²) in [6, 6.07) is 7.48. The van der Waals surface area contributed by atoms with Gasteiger partial charge in [0.05, 0.1) is 5.92 Å². The first kappa shape index (κ1) is 14.9. The van der Waals surface area contributed by atoms with Crippen LogP contribution in [0.5, 0.6) is 0 Å². The Morgan fingerprint density at radius 1 is 1.32 bits per heavy atom. The maximum absolute atomic E-state index is 12.4. The van der Waals surface area contributed by atoms with Gasteiger partial charge >= 0.3 is 5.97 Å². The first-order chi connectivity index (χ1) is 10.6. The second kappa shape index (κ2) is 6.01. The molecule has 1 aliphatic rings. The van der Waals surface area contributed by atoms with Gasteiger partial charge in [-0.05, 0) is 31.0 Å². The van der Waals surface area contributed by atoms with Crippen LogP contribution in [0.3, 0.4) is 0 Å². The highest BCUT2D eigenvalue weighted by atomic mass is 35.5. The molecule has 1 atom stereocenters. The van der Waals surface area contributed by atoms with Gasteiger partial charge in [-0.3, -0.25) is 9.59 Å². The zero-order valence-corrected chi connectivity index (χ0v) is 12.8. The summed E-state index contributed by atoms with van der Waals surface area (Å²) in [6.07, 6.45) is 3.22. The smallest absolute Gasteiger partial charge is 0.308 e. The second-order valence-electron chi connectivity index (χ2n) is 5.63. The largest absolute Gasteiger partial charge is 0.481 e. The number of hydrogen-bond donors (Lipinski definition) is 1. The molecule has 1 aromatic carbocycles. The van der Waals surface area contributed by atoms with Crippen molar-refractivity contribution in [1.82, 2.24) is 9.47 Å². The Labute approximate surface area is 133 Å². The molecule has 1 N–H and O–H groups in total. The highest BCUT2D eigenvalue weighted by Gasteiger charge is 2.28. The van der Waals surface area contributed by atoms with E-state index in [9.17, 15) is 9.59 Å². The van der Waals surface area contributed by atoms with Crippen molar-refractivity contribution >= 4 is 34.4 Å². The van der Waals surface area contributed by atoms with E-state index in [1.54, 1.807) is 4.90 Å². The van der Waals surface area contributed by atoms with Crippen molar-refractivity contribution in [3.05, 3.63) is 35.5 Å². The number of nitrogens with zero attached hydrogens (tertiary/aromatic N) is 2. The van der Waals surface area contributed by atoms with Crippen molar-refractivity contribution in [3.63, 3.8) is 0 Å². The average Bonchev–Trinajstić information content (AvgIpc) is 2.92. The molecule has 0 saturated carbocycles. The maximum Gasteiger partial charge on any atom is 0.308 e. The standard InChI is InChI=1S/C16H17ClN2O3/c17-13-4-1-5-14-12(13)6-8-18(14)10-15(20)19-7-2-3-11(9-19)16(21)22/h1,4-6,8,11H,2-3,7,9-10H2,(H,21,22)/t11-/m1/s1. The number of aliphatic carboxylic acids is 1. The molecule has 6 heteroatoms. The Morgan fingerprint density at radius 3 is 2.91 bits per heavy atom. The minimum atomic E-state index is -0.823. The number of halogens is 1. The molecule has 22 heavy (non-hydrogen) atoms. The van der Waals surface area contributed by atoms with Crippen LogP contribution in [-0.2, 0) is 16.1 Å². The SMILES string of the molecule is O=C(O)[C@@H]1CCCN(C(=O)Cn2ccc3c(Cl)cccc32)C1. The number of benzene rings is 1. The Hall–Kier alpha value is -2.01. The van der Waals surface area contributed by atoms with Crippen molar-refractivity contribution in [2.45, 2.75) is 19.4 Å². The van der Waals surface area contributed by atoms with Gasteiger partial charge in [0.1, 0.15) is 6.54 Å². The number of hydrogen-bond acceptors (Lipinski definition) is 2. The van der Waals surface area contributed by atoms with Gasteiger partial charge < -0.3 is 14.6 Å². The van der Waals surface area contributed by atoms with Gasteiger partial charge in [-0.2, -0.15) is 0 Å². The summed E-state index contributed by atoms with van der Waals surface area (Å²) in [4.78, 5) is 25.2. The highest BCUT2D eigenvalue weighted by Crippen LogP contribution is 2.24. The van der Waals surface area contributed by atoms with E-state index in [0.717, 1.165) is 17.3 Å². The lowest BCUT2D eigenvalue weighted by Gasteiger charge is -2.30. The van der Waals surface area contributed by atoms with Crippen LogP contribution in [0.1, 0.15) is 12.8 Å². The second-order valence-corrected chi connectivity index (χ2v) is 6.04. The van der Waals surface area contributed by atoms with E-state index in [4.69, 9.17) is 16.7 Å². The molecule has 1 saturated heterocycles. The third-order valence-electron chi connectivity index (χ3n) is 4.19. The first-order valence-corrected chi connectivity index (χ1v) is 7.68. The van der Waals surface area contributed by atoms with Gasteiger partial charge in [0, 0.05) is 35.2 Å². The average molecular weight is 321 g/mol. The van der Waals surface area contributed by atoms with E-state index in [2.05, 4.69) is 0 Å². The van der Waals surface area contributed by atoms with Crippen LogP contribution < -0.4 is 0 Å². The van der Waals surface area contributed by atoms with Crippen molar-refractivity contribution in [2.75, 3.05) is 13.1 Å². The molecule has 0 aliphatic carbocycles. The van der Waals surface area contributed by atoms with Crippen LogP contribution in [0, 0.1) is 5.92 Å². The third-order valence-corrected chi connectivity index (χ3v) is 4.52. The van der Waals surface area contributed by atoms with Gasteiger partial charge in [-0.15, -0.1) is 0 Å². The highest BCUT2D eigenvalue weighted by molar-refractivity contribution is 6.35. The minimum Gasteiger partial charge on any atom is -0.481 e. The maximum atomic E-state index is 12.4. The molecule has 5 nitrogen and oxygen atoms in total. The number of carbonyl (C=O) groups is 2. The van der Waals surface area contributed by atoms with Crippen molar-refractivity contribution in [2.24, 2.45) is 5.92 Å². The molecular formula is C16H17ClN2O3. The molecule has 0 bridgehead atoms. The summed E-state index contributed by atoms with van der Waals surface area (Å²) in [5.41, 5.74) is 0.910. The number of piperidine rings is 1. The number of aromatic nitrogens is 1. The molecule has 2 aromatic rings. The molecular weight excluding hydrogens is 304 g/mol. The van der Waals surface area contributed by atoms with E-state index in [-0.39, 0.29) is 12.5 Å². The zero-order chi connectivity index (χ0) is 15.7. The van der Waals surface area contributed by atoms with E-state index in [0.29, 0.717) is 24.5 Å². The van der Waals surface area contributed by atoms with E-state index in [1.807, 2.05) is 35.0 Å². The number of carboxylic acid groups (broad SMARTS) is 1. The van der Waals surface area contributed by atoms with E-state index >= 15 is 0 Å². The molecule has 3 rings (SSSR count). The Morgan fingerprint density at radius 2 is 2.14 bits per heavy atom. The summed E-state index contributed by atoms with van der Waals surface area (Å²) in [7, 11) is 0. The molecule has 116 valence electrons. The lowest BCUT2D eigenvalue weighted by Crippen LogP contribution is -2.43. The van der Waals surface area contributed by atoms with Crippen LogP contribution in [0.4, 0.5) is 0 Å². The fraction of sp³-hybridized carbons (Fsp3) is 0.375. The Balaban J connectivity index is 1.76. The van der Waals surface area contributed by atoms with Gasteiger partial charge in [0.25, 0.3) is 0 Å². The molecule has 1 aromatic heterocycles. The topological polar surface area (TPSA) is 62.5 Å². The number of fused-ring (bicyclic) bond motifs is 1. The predicted octanol–water partition coefficient (Wildman–Crippen LogP) is 2.62. The lowest BCUT2D eigenvalue weighted by molar-refractivity contribution is -0.145. The quantitative estimate of drug-likeness (QED) is 0.945. The predicted molar refractivity (Wildman–Crippen MR) is 83.9 cm³/mol. The summed E-state index contributed by atoms with van der Waals surface area (Å²) >= 11 is 6.14. The Bertz CT molecular complexity index is 725. The molecule has 0 radical (unpaired) electrons. The van der Waals surface area contributed by atoms with Gasteiger partial charge in [0.15, 0.2) is 0 Å². The molecule has 0 unspecified atom stereocenters. The molecule has 1 fully saturated rings. The molecule has 1 amide bonds. The summed E-state index contributed by atoms with van der Waals surface area (Å²) in [6.45, 7) is 1.13. The first-order valence-electron chi connectivity index (χ1n) is 7.30. The van der Waals surface area contributed by atoms with Crippen LogP contribution in [-0.4, -0.2) is 39.5 Å². The van der Waals surface area contributed by atoms with Crippen molar-refractivity contribution in [3.8, 4) is 0 Å². The number of amides is 1. The number of carbonyl (C=O) groups excluding carboxylic acids is 1. The van der Waals surface area contributed by atoms with Crippen molar-refractivity contribution in [1.29, 1.82) is 0 Å². The van der Waals surface area contributed by atoms with Crippen LogP contribution in [0.2, 0.25) is 5.02 Å². The van der Waals surface area contributed by atoms with Crippen LogP contribution >= 0.6 is 11.6 Å². The van der Waals surface area contributed by atoms with Gasteiger partial charge in [0.2, 0.25) is 5.91 Å². The normalized spacial score (nSPS) is 18.6. The van der Waals surface area contributed by atoms with Gasteiger partial charge in [-0.25, -0.2) is 0 Å². The molecule has 1 aliphatic heterocycles. The number of rotatable bonds is 3. The zero-order valence-electron chi connectivity index (χ0n) is 12.0. The van der Waals surface area contributed by atoms with E-state index in [1.165, 1.54) is 0 Å². The summed E-state index contributed by atoms with van der Waals surface area (Å²) < 4.78 is 1.86. The lowest BCUT2D eigenvalue weighted by atomic mass is 9.98. The number of likely N-dealkylation sites (tertiary alicyclic amines) is 1.